The maximum Gasteiger partial charge on any atom is 0.331 e. The van der Waals surface area contributed by atoms with Gasteiger partial charge in [-0.1, -0.05) is 43.0 Å². The molecule has 1 saturated carbocycles. The second-order valence-corrected chi connectivity index (χ2v) is 6.27. The summed E-state index contributed by atoms with van der Waals surface area (Å²) in [6.45, 7) is 0. The molecule has 6 heteroatoms. The lowest BCUT2D eigenvalue weighted by molar-refractivity contribution is -0.132. The van der Waals surface area contributed by atoms with E-state index >= 15 is 0 Å². The van der Waals surface area contributed by atoms with Crippen LogP contribution in [0.1, 0.15) is 37.7 Å². The van der Waals surface area contributed by atoms with Crippen molar-refractivity contribution in [3.05, 3.63) is 40.4 Å². The zero-order valence-corrected chi connectivity index (χ0v) is 13.3. The van der Waals surface area contributed by atoms with Crippen LogP contribution >= 0.6 is 11.6 Å². The summed E-state index contributed by atoms with van der Waals surface area (Å²) in [5, 5.41) is 2.85. The number of halogens is 1. The minimum absolute atomic E-state index is 0.0162. The van der Waals surface area contributed by atoms with Crippen molar-refractivity contribution in [3.8, 4) is 0 Å². The van der Waals surface area contributed by atoms with E-state index in [1.807, 2.05) is 0 Å². The number of rotatable bonds is 2. The van der Waals surface area contributed by atoms with E-state index in [2.05, 4.69) is 5.32 Å². The summed E-state index contributed by atoms with van der Waals surface area (Å²) in [4.78, 5) is 38.0. The first-order valence-corrected chi connectivity index (χ1v) is 8.10. The van der Waals surface area contributed by atoms with Gasteiger partial charge in [-0.3, -0.25) is 19.8 Å². The topological polar surface area (TPSA) is 66.5 Å². The van der Waals surface area contributed by atoms with Crippen LogP contribution in [-0.4, -0.2) is 28.8 Å². The molecule has 23 heavy (non-hydrogen) atoms. The Labute approximate surface area is 139 Å². The maximum atomic E-state index is 12.7. The maximum absolute atomic E-state index is 12.7. The van der Waals surface area contributed by atoms with Gasteiger partial charge in [-0.25, -0.2) is 4.79 Å². The molecule has 0 aromatic heterocycles. The monoisotopic (exact) mass is 332 g/mol. The van der Waals surface area contributed by atoms with Gasteiger partial charge in [-0.05, 0) is 36.6 Å². The minimum Gasteiger partial charge on any atom is -0.273 e. The van der Waals surface area contributed by atoms with E-state index in [1.165, 1.54) is 11.0 Å². The predicted molar refractivity (Wildman–Crippen MR) is 86.7 cm³/mol. The number of imide groups is 2. The molecule has 120 valence electrons. The fraction of sp³-hybridized carbons (Fsp3) is 0.353. The van der Waals surface area contributed by atoms with Gasteiger partial charge in [0.25, 0.3) is 11.8 Å². The summed E-state index contributed by atoms with van der Waals surface area (Å²) < 4.78 is 0. The molecule has 1 heterocycles. The summed E-state index contributed by atoms with van der Waals surface area (Å²) in [5.74, 6) is -1.16. The highest BCUT2D eigenvalue weighted by atomic mass is 35.5. The largest absolute Gasteiger partial charge is 0.331 e. The van der Waals surface area contributed by atoms with Crippen LogP contribution in [0.5, 0.6) is 0 Å². The van der Waals surface area contributed by atoms with E-state index in [1.54, 1.807) is 24.3 Å². The molecule has 0 atom stereocenters. The second-order valence-electron chi connectivity index (χ2n) is 5.84. The predicted octanol–water partition coefficient (Wildman–Crippen LogP) is 3.13. The summed E-state index contributed by atoms with van der Waals surface area (Å²) in [7, 11) is 0. The third-order valence-electron chi connectivity index (χ3n) is 4.25. The van der Waals surface area contributed by atoms with Gasteiger partial charge in [0.2, 0.25) is 0 Å². The number of nitrogens with one attached hydrogen (secondary N) is 1. The lowest BCUT2D eigenvalue weighted by atomic mass is 9.93. The Morgan fingerprint density at radius 1 is 1.04 bits per heavy atom. The number of barbiturate groups is 1. The normalized spacial score (nSPS) is 21.7. The van der Waals surface area contributed by atoms with Crippen LogP contribution in [0, 0.1) is 0 Å². The van der Waals surface area contributed by atoms with Crippen LogP contribution in [0.25, 0.3) is 6.08 Å². The smallest absolute Gasteiger partial charge is 0.273 e. The van der Waals surface area contributed by atoms with Crippen molar-refractivity contribution in [1.82, 2.24) is 10.2 Å². The Kier molecular flexibility index (Phi) is 4.48. The average molecular weight is 333 g/mol. The first-order chi connectivity index (χ1) is 11.1. The van der Waals surface area contributed by atoms with E-state index < -0.39 is 17.8 Å². The molecule has 3 rings (SSSR count). The molecule has 1 aromatic rings. The third-order valence-corrected chi connectivity index (χ3v) is 4.51. The molecule has 1 saturated heterocycles. The summed E-state index contributed by atoms with van der Waals surface area (Å²) in [5.41, 5.74) is 0.670. The lowest BCUT2D eigenvalue weighted by Gasteiger charge is -2.35. The van der Waals surface area contributed by atoms with Gasteiger partial charge in [0.15, 0.2) is 0 Å². The van der Waals surface area contributed by atoms with Crippen LogP contribution < -0.4 is 5.32 Å². The average Bonchev–Trinajstić information content (AvgIpc) is 2.54. The van der Waals surface area contributed by atoms with Crippen molar-refractivity contribution in [2.24, 2.45) is 0 Å². The third kappa shape index (κ3) is 3.29. The van der Waals surface area contributed by atoms with Gasteiger partial charge in [0.1, 0.15) is 5.57 Å². The standard InChI is InChI=1S/C17H17ClN2O3/c18-12-8-6-11(7-9-12)10-14-15(21)19-17(23)20(16(14)22)13-4-2-1-3-5-13/h6-10,13H,1-5H2,(H,19,21,23). The molecular formula is C17H17ClN2O3. The first-order valence-electron chi connectivity index (χ1n) is 7.72. The Morgan fingerprint density at radius 2 is 1.70 bits per heavy atom. The van der Waals surface area contributed by atoms with E-state index in [0.29, 0.717) is 10.6 Å². The van der Waals surface area contributed by atoms with Crippen molar-refractivity contribution in [2.45, 2.75) is 38.1 Å². The lowest BCUT2D eigenvalue weighted by Crippen LogP contribution is -2.58. The Morgan fingerprint density at radius 3 is 2.35 bits per heavy atom. The molecular weight excluding hydrogens is 316 g/mol. The van der Waals surface area contributed by atoms with Crippen molar-refractivity contribution >= 4 is 35.5 Å². The van der Waals surface area contributed by atoms with Gasteiger partial charge >= 0.3 is 6.03 Å². The molecule has 1 aliphatic carbocycles. The number of carbonyl (C=O) groups excluding carboxylic acids is 3. The van der Waals surface area contributed by atoms with E-state index in [9.17, 15) is 14.4 Å². The molecule has 4 amide bonds. The van der Waals surface area contributed by atoms with Crippen molar-refractivity contribution in [3.63, 3.8) is 0 Å². The van der Waals surface area contributed by atoms with E-state index in [0.717, 1.165) is 32.1 Å². The molecule has 1 aliphatic heterocycles. The Hall–Kier alpha value is -2.14. The minimum atomic E-state index is -0.651. The molecule has 0 bridgehead atoms. The number of amides is 4. The number of carbonyl (C=O) groups is 3. The van der Waals surface area contributed by atoms with E-state index in [-0.39, 0.29) is 11.6 Å². The van der Waals surface area contributed by atoms with Crippen molar-refractivity contribution in [2.75, 3.05) is 0 Å². The van der Waals surface area contributed by atoms with Gasteiger partial charge in [-0.15, -0.1) is 0 Å². The number of urea groups is 1. The highest BCUT2D eigenvalue weighted by Gasteiger charge is 2.40. The zero-order chi connectivity index (χ0) is 16.4. The highest BCUT2D eigenvalue weighted by molar-refractivity contribution is 6.31. The highest BCUT2D eigenvalue weighted by Crippen LogP contribution is 2.26. The van der Waals surface area contributed by atoms with Crippen LogP contribution in [0.3, 0.4) is 0 Å². The van der Waals surface area contributed by atoms with Gasteiger partial charge < -0.3 is 0 Å². The van der Waals surface area contributed by atoms with Crippen LogP contribution in [0.4, 0.5) is 4.79 Å². The Balaban J connectivity index is 1.90. The number of hydrogen-bond donors (Lipinski definition) is 1. The molecule has 1 aromatic carbocycles. The van der Waals surface area contributed by atoms with Crippen LogP contribution in [0.2, 0.25) is 5.02 Å². The number of nitrogens with zero attached hydrogens (tertiary/aromatic N) is 1. The van der Waals surface area contributed by atoms with E-state index in [4.69, 9.17) is 11.6 Å². The second kappa shape index (κ2) is 6.54. The quantitative estimate of drug-likeness (QED) is 0.668. The number of benzene rings is 1. The number of hydrogen-bond acceptors (Lipinski definition) is 3. The molecule has 0 radical (unpaired) electrons. The Bertz CT molecular complexity index is 676. The van der Waals surface area contributed by atoms with Gasteiger partial charge in [0, 0.05) is 11.1 Å². The van der Waals surface area contributed by atoms with Crippen molar-refractivity contribution < 1.29 is 14.4 Å². The fourth-order valence-corrected chi connectivity index (χ4v) is 3.19. The summed E-state index contributed by atoms with van der Waals surface area (Å²) in [6, 6.07) is 6.07. The first kappa shape index (κ1) is 15.7. The molecule has 2 aliphatic rings. The molecule has 0 unspecified atom stereocenters. The van der Waals surface area contributed by atoms with Crippen LogP contribution in [-0.2, 0) is 9.59 Å². The summed E-state index contributed by atoms with van der Waals surface area (Å²) in [6.07, 6.45) is 6.18. The summed E-state index contributed by atoms with van der Waals surface area (Å²) >= 11 is 5.84. The van der Waals surface area contributed by atoms with Crippen LogP contribution in [0.15, 0.2) is 29.8 Å². The van der Waals surface area contributed by atoms with Gasteiger partial charge in [-0.2, -0.15) is 0 Å². The molecule has 2 fully saturated rings. The molecule has 0 spiro atoms. The molecule has 1 N–H and O–H groups in total. The fourth-order valence-electron chi connectivity index (χ4n) is 3.07. The van der Waals surface area contributed by atoms with Gasteiger partial charge in [0.05, 0.1) is 0 Å². The molecule has 5 nitrogen and oxygen atoms in total. The zero-order valence-electron chi connectivity index (χ0n) is 12.5. The SMILES string of the molecule is O=C1NC(=O)N(C2CCCCC2)C(=O)C1=Cc1ccc(Cl)cc1. The van der Waals surface area contributed by atoms with Crippen molar-refractivity contribution in [1.29, 1.82) is 0 Å².